The van der Waals surface area contributed by atoms with Crippen LogP contribution in [0.15, 0.2) is 30.5 Å². The van der Waals surface area contributed by atoms with Crippen molar-refractivity contribution in [3.05, 3.63) is 58.6 Å². The first-order chi connectivity index (χ1) is 14.2. The number of nitrogens with one attached hydrogen (secondary N) is 1. The van der Waals surface area contributed by atoms with Gasteiger partial charge in [0.05, 0.1) is 18.8 Å². The molecule has 0 saturated carbocycles. The number of hydrogen-bond donors (Lipinski definition) is 3. The van der Waals surface area contributed by atoms with Crippen LogP contribution < -0.4 is 11.1 Å². The van der Waals surface area contributed by atoms with Crippen LogP contribution >= 0.6 is 0 Å². The Hall–Kier alpha value is -2.77. The number of aromatic hydroxyl groups is 1. The van der Waals surface area contributed by atoms with Gasteiger partial charge in [-0.2, -0.15) is 0 Å². The average molecular weight is 413 g/mol. The molecule has 1 amide bonds. The summed E-state index contributed by atoms with van der Waals surface area (Å²) in [5, 5.41) is 13.0. The normalized spacial score (nSPS) is 14.6. The molecule has 0 spiro atoms. The number of phenols is 1. The van der Waals surface area contributed by atoms with Gasteiger partial charge >= 0.3 is 0 Å². The molecule has 1 aliphatic rings. The number of rotatable bonds is 5. The van der Waals surface area contributed by atoms with Gasteiger partial charge in [-0.15, -0.1) is 0 Å². The zero-order valence-corrected chi connectivity index (χ0v) is 18.5. The zero-order chi connectivity index (χ0) is 22.3. The third-order valence-corrected chi connectivity index (χ3v) is 4.86. The van der Waals surface area contributed by atoms with E-state index in [2.05, 4.69) is 41.3 Å². The fourth-order valence-corrected chi connectivity index (χ4v) is 2.98. The minimum atomic E-state index is -0.756. The van der Waals surface area contributed by atoms with E-state index in [0.717, 1.165) is 5.56 Å². The Bertz CT molecular complexity index is 921. The molecule has 162 valence electrons. The second-order valence-electron chi connectivity index (χ2n) is 7.59. The van der Waals surface area contributed by atoms with Crippen LogP contribution in [0.25, 0.3) is 0 Å². The SMILES string of the molecule is C/C=C/CCC.Cc1ncc(C)c(NC(=O)c2cc(C3(N)COC3)c(O)cc2C)n1. The van der Waals surface area contributed by atoms with Gasteiger partial charge in [-0.25, -0.2) is 9.97 Å². The number of amides is 1. The summed E-state index contributed by atoms with van der Waals surface area (Å²) in [6.07, 6.45) is 8.43. The van der Waals surface area contributed by atoms with E-state index in [1.54, 1.807) is 32.2 Å². The van der Waals surface area contributed by atoms with Gasteiger partial charge in [0.1, 0.15) is 17.4 Å². The maximum Gasteiger partial charge on any atom is 0.257 e. The van der Waals surface area contributed by atoms with Crippen molar-refractivity contribution in [2.75, 3.05) is 18.5 Å². The Kier molecular flexibility index (Phi) is 8.08. The molecule has 0 unspecified atom stereocenters. The number of carbonyl (C=O) groups excluding carboxylic acids is 1. The highest BCUT2D eigenvalue weighted by Crippen LogP contribution is 2.35. The number of phenolic OH excluding ortho intramolecular Hbond substituents is 1. The van der Waals surface area contributed by atoms with Gasteiger partial charge < -0.3 is 20.9 Å². The van der Waals surface area contributed by atoms with E-state index in [4.69, 9.17) is 10.5 Å². The highest BCUT2D eigenvalue weighted by molar-refractivity contribution is 6.05. The van der Waals surface area contributed by atoms with Crippen molar-refractivity contribution in [2.45, 2.75) is 53.0 Å². The largest absolute Gasteiger partial charge is 0.508 e. The third-order valence-electron chi connectivity index (χ3n) is 4.86. The molecule has 4 N–H and O–H groups in total. The fourth-order valence-electron chi connectivity index (χ4n) is 2.98. The summed E-state index contributed by atoms with van der Waals surface area (Å²) in [5.74, 6) is 0.810. The molecule has 1 fully saturated rings. The first kappa shape index (κ1) is 23.5. The van der Waals surface area contributed by atoms with E-state index in [0.29, 0.717) is 41.5 Å². The van der Waals surface area contributed by atoms with Crippen LogP contribution in [0.5, 0.6) is 5.75 Å². The summed E-state index contributed by atoms with van der Waals surface area (Å²) >= 11 is 0. The van der Waals surface area contributed by atoms with Crippen molar-refractivity contribution in [3.63, 3.8) is 0 Å². The quantitative estimate of drug-likeness (QED) is 0.642. The summed E-state index contributed by atoms with van der Waals surface area (Å²) in [5.41, 5.74) is 7.83. The van der Waals surface area contributed by atoms with Crippen molar-refractivity contribution in [1.29, 1.82) is 0 Å². The van der Waals surface area contributed by atoms with E-state index >= 15 is 0 Å². The Balaban J connectivity index is 0.000000469. The lowest BCUT2D eigenvalue weighted by Gasteiger charge is -2.38. The van der Waals surface area contributed by atoms with Gasteiger partial charge in [0.25, 0.3) is 5.91 Å². The maximum atomic E-state index is 12.7. The highest BCUT2D eigenvalue weighted by atomic mass is 16.5. The van der Waals surface area contributed by atoms with Crippen molar-refractivity contribution < 1.29 is 14.6 Å². The maximum absolute atomic E-state index is 12.7. The van der Waals surface area contributed by atoms with Gasteiger partial charge in [-0.1, -0.05) is 25.5 Å². The number of benzene rings is 1. The lowest BCUT2D eigenvalue weighted by atomic mass is 9.86. The number of nitrogens with zero attached hydrogens (tertiary/aromatic N) is 2. The van der Waals surface area contributed by atoms with Crippen molar-refractivity contribution in [2.24, 2.45) is 5.73 Å². The second kappa shape index (κ2) is 10.3. The number of aryl methyl sites for hydroxylation is 3. The molecule has 7 heteroatoms. The molecule has 0 atom stereocenters. The molecule has 0 bridgehead atoms. The predicted molar refractivity (Wildman–Crippen MR) is 119 cm³/mol. The van der Waals surface area contributed by atoms with Crippen LogP contribution in [0.3, 0.4) is 0 Å². The number of aromatic nitrogens is 2. The lowest BCUT2D eigenvalue weighted by Crippen LogP contribution is -2.54. The molecule has 0 radical (unpaired) electrons. The van der Waals surface area contributed by atoms with E-state index in [1.807, 2.05) is 6.92 Å². The van der Waals surface area contributed by atoms with Gasteiger partial charge in [-0.3, -0.25) is 4.79 Å². The molecular weight excluding hydrogens is 380 g/mol. The molecule has 1 aromatic heterocycles. The van der Waals surface area contributed by atoms with Crippen LogP contribution in [-0.4, -0.2) is 34.2 Å². The van der Waals surface area contributed by atoms with Gasteiger partial charge in [0.2, 0.25) is 0 Å². The lowest BCUT2D eigenvalue weighted by molar-refractivity contribution is -0.0578. The monoisotopic (exact) mass is 412 g/mol. The number of hydrogen-bond acceptors (Lipinski definition) is 6. The summed E-state index contributed by atoms with van der Waals surface area (Å²) in [6.45, 7) is 10.2. The molecule has 30 heavy (non-hydrogen) atoms. The molecule has 0 aliphatic carbocycles. The summed E-state index contributed by atoms with van der Waals surface area (Å²) in [7, 11) is 0. The summed E-state index contributed by atoms with van der Waals surface area (Å²) in [4.78, 5) is 21.0. The molecule has 1 aliphatic heterocycles. The Morgan fingerprint density at radius 3 is 2.53 bits per heavy atom. The molecule has 1 saturated heterocycles. The first-order valence-electron chi connectivity index (χ1n) is 10.1. The zero-order valence-electron chi connectivity index (χ0n) is 18.5. The molecule has 2 heterocycles. The highest BCUT2D eigenvalue weighted by Gasteiger charge is 2.39. The van der Waals surface area contributed by atoms with Gasteiger partial charge in [-0.05, 0) is 51.8 Å². The molecule has 1 aromatic carbocycles. The first-order valence-corrected chi connectivity index (χ1v) is 10.1. The number of allylic oxidation sites excluding steroid dienone is 2. The molecule has 7 nitrogen and oxygen atoms in total. The Morgan fingerprint density at radius 2 is 2.00 bits per heavy atom. The van der Waals surface area contributed by atoms with Crippen LogP contribution in [0.1, 0.15) is 59.6 Å². The summed E-state index contributed by atoms with van der Waals surface area (Å²) < 4.78 is 5.15. The third kappa shape index (κ3) is 5.64. The van der Waals surface area contributed by atoms with Crippen molar-refractivity contribution in [1.82, 2.24) is 9.97 Å². The van der Waals surface area contributed by atoms with Crippen LogP contribution in [-0.2, 0) is 10.3 Å². The predicted octanol–water partition coefficient (Wildman–Crippen LogP) is 3.91. The minimum absolute atomic E-state index is 0.0731. The number of carbonyl (C=O) groups is 1. The number of unbranched alkanes of at least 4 members (excludes halogenated alkanes) is 1. The molecule has 2 aromatic rings. The van der Waals surface area contributed by atoms with E-state index in [-0.39, 0.29) is 11.7 Å². The van der Waals surface area contributed by atoms with Crippen molar-refractivity contribution >= 4 is 11.7 Å². The number of nitrogens with two attached hydrogens (primary N) is 1. The van der Waals surface area contributed by atoms with Crippen LogP contribution in [0, 0.1) is 20.8 Å². The van der Waals surface area contributed by atoms with Crippen LogP contribution in [0.4, 0.5) is 5.82 Å². The van der Waals surface area contributed by atoms with E-state index < -0.39 is 5.54 Å². The van der Waals surface area contributed by atoms with Crippen molar-refractivity contribution in [3.8, 4) is 5.75 Å². The van der Waals surface area contributed by atoms with E-state index in [1.165, 1.54) is 12.8 Å². The topological polar surface area (TPSA) is 110 Å². The Labute approximate surface area is 178 Å². The number of anilines is 1. The summed E-state index contributed by atoms with van der Waals surface area (Å²) in [6, 6.07) is 3.18. The molecular formula is C23H32N4O3. The van der Waals surface area contributed by atoms with E-state index in [9.17, 15) is 9.90 Å². The molecule has 3 rings (SSSR count). The standard InChI is InChI=1S/C17H20N4O3.C6H12/c1-9-4-14(22)13(17(18)7-24-8-17)5-12(9)16(23)21-15-10(2)6-19-11(3)20-15;1-3-5-6-4-2/h4-6,22H,7-8,18H2,1-3H3,(H,19,20,21,23);3,5H,4,6H2,1-2H3/b;5-3+. The van der Waals surface area contributed by atoms with Crippen LogP contribution in [0.2, 0.25) is 0 Å². The smallest absolute Gasteiger partial charge is 0.257 e. The fraction of sp³-hybridized carbons (Fsp3) is 0.435. The minimum Gasteiger partial charge on any atom is -0.508 e. The second-order valence-corrected chi connectivity index (χ2v) is 7.59. The van der Waals surface area contributed by atoms with Gasteiger partial charge in [0, 0.05) is 22.9 Å². The van der Waals surface area contributed by atoms with Gasteiger partial charge in [0.15, 0.2) is 0 Å². The average Bonchev–Trinajstić information content (AvgIpc) is 2.68. The Morgan fingerprint density at radius 1 is 1.30 bits per heavy atom. The number of ether oxygens (including phenoxy) is 1.